The molecule has 14 nitrogen and oxygen atoms in total. The summed E-state index contributed by atoms with van der Waals surface area (Å²) < 4.78 is 15.4. The summed E-state index contributed by atoms with van der Waals surface area (Å²) in [6, 6.07) is 13.5. The monoisotopic (exact) mass is 574 g/mol. The molecule has 0 aliphatic rings. The third-order valence-electron chi connectivity index (χ3n) is 5.40. The molecule has 0 saturated carbocycles. The number of rotatable bonds is 20. The van der Waals surface area contributed by atoms with Crippen LogP contribution in [0, 0.1) is 10.1 Å². The molecule has 3 amide bonds. The van der Waals surface area contributed by atoms with Gasteiger partial charge >= 0.3 is 5.97 Å². The zero-order valence-corrected chi connectivity index (χ0v) is 22.4. The van der Waals surface area contributed by atoms with E-state index in [1.807, 2.05) is 30.3 Å². The highest BCUT2D eigenvalue weighted by Crippen LogP contribution is 2.16. The molecule has 0 radical (unpaired) electrons. The van der Waals surface area contributed by atoms with E-state index in [0.717, 1.165) is 5.56 Å². The first-order chi connectivity index (χ1) is 19.7. The standard InChI is InChI=1S/C27H34N4O10/c32-24(28-12-13-39-14-15-40-16-17-41-19-26(34)35)10-11-25(33)30-23(18-20-4-2-1-3-5-20)27(36)29-21-6-8-22(9-7-21)31(37)38/h1-9,23H,10-19H2,(H,28,32)(H,29,36)(H,30,33)(H,34,35). The van der Waals surface area contributed by atoms with Crippen molar-refractivity contribution in [3.05, 3.63) is 70.3 Å². The number of nitro groups is 1. The van der Waals surface area contributed by atoms with Crippen LogP contribution in [0.3, 0.4) is 0 Å². The maximum atomic E-state index is 13.0. The van der Waals surface area contributed by atoms with Gasteiger partial charge in [0.05, 0.1) is 38.0 Å². The number of hydrogen-bond acceptors (Lipinski definition) is 9. The molecule has 0 fully saturated rings. The predicted octanol–water partition coefficient (Wildman–Crippen LogP) is 1.29. The van der Waals surface area contributed by atoms with Crippen LogP contribution in [0.2, 0.25) is 0 Å². The smallest absolute Gasteiger partial charge is 0.329 e. The summed E-state index contributed by atoms with van der Waals surface area (Å²) in [4.78, 5) is 58.3. The Morgan fingerprint density at radius 1 is 0.829 bits per heavy atom. The van der Waals surface area contributed by atoms with Crippen LogP contribution < -0.4 is 16.0 Å². The molecule has 0 bridgehead atoms. The second-order valence-electron chi connectivity index (χ2n) is 8.62. The lowest BCUT2D eigenvalue weighted by Gasteiger charge is -2.19. The van der Waals surface area contributed by atoms with Crippen molar-refractivity contribution in [1.82, 2.24) is 10.6 Å². The highest BCUT2D eigenvalue weighted by molar-refractivity contribution is 5.97. The van der Waals surface area contributed by atoms with Crippen molar-refractivity contribution < 1.29 is 43.4 Å². The first-order valence-electron chi connectivity index (χ1n) is 12.8. The highest BCUT2D eigenvalue weighted by Gasteiger charge is 2.22. The number of hydrogen-bond donors (Lipinski definition) is 4. The fourth-order valence-electron chi connectivity index (χ4n) is 3.40. The summed E-state index contributed by atoms with van der Waals surface area (Å²) in [6.07, 6.45) is -0.0259. The van der Waals surface area contributed by atoms with Crippen LogP contribution in [0.4, 0.5) is 11.4 Å². The fourth-order valence-corrected chi connectivity index (χ4v) is 3.40. The van der Waals surface area contributed by atoms with Crippen molar-refractivity contribution in [2.24, 2.45) is 0 Å². The van der Waals surface area contributed by atoms with Crippen molar-refractivity contribution in [1.29, 1.82) is 0 Å². The summed E-state index contributed by atoms with van der Waals surface area (Å²) in [5.41, 5.74) is 1.03. The molecule has 0 spiro atoms. The Morgan fingerprint density at radius 3 is 2.07 bits per heavy atom. The molecule has 1 unspecified atom stereocenters. The second-order valence-corrected chi connectivity index (χ2v) is 8.62. The Balaban J connectivity index is 1.71. The Labute approximate surface area is 236 Å². The molecule has 2 rings (SSSR count). The van der Waals surface area contributed by atoms with Gasteiger partial charge in [-0.05, 0) is 17.7 Å². The largest absolute Gasteiger partial charge is 0.480 e. The van der Waals surface area contributed by atoms with Crippen molar-refractivity contribution in [3.8, 4) is 0 Å². The van der Waals surface area contributed by atoms with Gasteiger partial charge in [0.1, 0.15) is 12.6 Å². The van der Waals surface area contributed by atoms with Gasteiger partial charge in [-0.2, -0.15) is 0 Å². The molecule has 0 saturated heterocycles. The quantitative estimate of drug-likeness (QED) is 0.102. The van der Waals surface area contributed by atoms with Crippen molar-refractivity contribution in [2.45, 2.75) is 25.3 Å². The van der Waals surface area contributed by atoms with Gasteiger partial charge in [-0.1, -0.05) is 30.3 Å². The third kappa shape index (κ3) is 14.5. The van der Waals surface area contributed by atoms with Crippen LogP contribution in [-0.2, 0) is 39.8 Å². The van der Waals surface area contributed by atoms with Gasteiger partial charge in [0.15, 0.2) is 0 Å². The van der Waals surface area contributed by atoms with Gasteiger partial charge in [-0.15, -0.1) is 0 Å². The molecule has 2 aromatic rings. The van der Waals surface area contributed by atoms with E-state index in [1.54, 1.807) is 0 Å². The van der Waals surface area contributed by atoms with Crippen LogP contribution in [-0.4, -0.2) is 85.9 Å². The molecule has 1 atom stereocenters. The number of non-ortho nitro benzene ring substituents is 1. The number of ether oxygens (including phenoxy) is 3. The number of aliphatic carboxylic acids is 1. The van der Waals surface area contributed by atoms with Gasteiger partial charge in [0.2, 0.25) is 17.7 Å². The second kappa shape index (κ2) is 18.8. The number of nitro benzene ring substituents is 1. The maximum Gasteiger partial charge on any atom is 0.329 e. The molecular weight excluding hydrogens is 540 g/mol. The normalized spacial score (nSPS) is 11.3. The van der Waals surface area contributed by atoms with E-state index in [1.165, 1.54) is 24.3 Å². The Kier molecular flexibility index (Phi) is 15.1. The van der Waals surface area contributed by atoms with Gasteiger partial charge in [0, 0.05) is 43.6 Å². The summed E-state index contributed by atoms with van der Waals surface area (Å²) in [7, 11) is 0. The number of anilines is 1. The lowest BCUT2D eigenvalue weighted by Crippen LogP contribution is -2.45. The number of nitrogens with one attached hydrogen (secondary N) is 3. The van der Waals surface area contributed by atoms with Crippen LogP contribution in [0.25, 0.3) is 0 Å². The Bertz CT molecular complexity index is 1130. The van der Waals surface area contributed by atoms with E-state index >= 15 is 0 Å². The molecular formula is C27H34N4O10. The molecule has 0 aliphatic carbocycles. The zero-order chi connectivity index (χ0) is 29.9. The zero-order valence-electron chi connectivity index (χ0n) is 22.4. The summed E-state index contributed by atoms with van der Waals surface area (Å²) in [5.74, 6) is -2.40. The van der Waals surface area contributed by atoms with Gasteiger partial charge < -0.3 is 35.3 Å². The van der Waals surface area contributed by atoms with Crippen LogP contribution in [0.1, 0.15) is 18.4 Å². The minimum atomic E-state index is -1.05. The number of carboxylic acid groups (broad SMARTS) is 1. The van der Waals surface area contributed by atoms with E-state index in [0.29, 0.717) is 5.69 Å². The first-order valence-corrected chi connectivity index (χ1v) is 12.8. The Hall–Kier alpha value is -4.40. The average Bonchev–Trinajstić information content (AvgIpc) is 2.95. The van der Waals surface area contributed by atoms with Crippen molar-refractivity contribution in [3.63, 3.8) is 0 Å². The fraction of sp³-hybridized carbons (Fsp3) is 0.407. The molecule has 2 aromatic carbocycles. The SMILES string of the molecule is O=C(O)COCCOCCOCCNC(=O)CCC(=O)NC(Cc1ccccc1)C(=O)Nc1ccc([N+](=O)[O-])cc1. The number of amides is 3. The Morgan fingerprint density at radius 2 is 1.44 bits per heavy atom. The molecule has 222 valence electrons. The molecule has 0 aromatic heterocycles. The van der Waals surface area contributed by atoms with Crippen molar-refractivity contribution >= 4 is 35.1 Å². The van der Waals surface area contributed by atoms with Crippen LogP contribution >= 0.6 is 0 Å². The van der Waals surface area contributed by atoms with Gasteiger partial charge in [0.25, 0.3) is 5.69 Å². The lowest BCUT2D eigenvalue weighted by atomic mass is 10.0. The highest BCUT2D eigenvalue weighted by atomic mass is 16.6. The maximum absolute atomic E-state index is 13.0. The number of nitrogens with zero attached hydrogens (tertiary/aromatic N) is 1. The summed E-state index contributed by atoms with van der Waals surface area (Å²) in [6.45, 7) is 1.05. The molecule has 4 N–H and O–H groups in total. The number of carboxylic acids is 1. The third-order valence-corrected chi connectivity index (χ3v) is 5.40. The average molecular weight is 575 g/mol. The molecule has 14 heteroatoms. The van der Waals surface area contributed by atoms with Gasteiger partial charge in [-0.3, -0.25) is 24.5 Å². The van der Waals surface area contributed by atoms with E-state index in [9.17, 15) is 29.3 Å². The minimum absolute atomic E-state index is 0.0900. The lowest BCUT2D eigenvalue weighted by molar-refractivity contribution is -0.384. The van der Waals surface area contributed by atoms with E-state index < -0.39 is 28.7 Å². The molecule has 0 heterocycles. The number of carbonyl (C=O) groups is 4. The topological polar surface area (TPSA) is 195 Å². The molecule has 0 aliphatic heterocycles. The van der Waals surface area contributed by atoms with Crippen LogP contribution in [0.5, 0.6) is 0 Å². The first kappa shape index (κ1) is 32.8. The summed E-state index contributed by atoms with van der Waals surface area (Å²) >= 11 is 0. The van der Waals surface area contributed by atoms with E-state index in [2.05, 4.69) is 16.0 Å². The van der Waals surface area contributed by atoms with Gasteiger partial charge in [-0.25, -0.2) is 4.79 Å². The van der Waals surface area contributed by atoms with E-state index in [4.69, 9.17) is 19.3 Å². The number of carbonyl (C=O) groups excluding carboxylic acids is 3. The van der Waals surface area contributed by atoms with Crippen molar-refractivity contribution in [2.75, 3.05) is 51.5 Å². The molecule has 41 heavy (non-hydrogen) atoms. The van der Waals surface area contributed by atoms with E-state index in [-0.39, 0.29) is 77.0 Å². The van der Waals surface area contributed by atoms with Crippen LogP contribution in [0.15, 0.2) is 54.6 Å². The predicted molar refractivity (Wildman–Crippen MR) is 146 cm³/mol. The number of benzene rings is 2. The minimum Gasteiger partial charge on any atom is -0.480 e. The summed E-state index contributed by atoms with van der Waals surface area (Å²) in [5, 5.41) is 27.3.